The monoisotopic (exact) mass is 351 g/mol. The first-order valence-corrected chi connectivity index (χ1v) is 6.94. The Morgan fingerprint density at radius 3 is 2.67 bits per heavy atom. The maximum Gasteiger partial charge on any atom is 0.315 e. The number of methoxy groups -OCH3 is 1. The predicted molar refractivity (Wildman–Crippen MR) is 86.1 cm³/mol. The van der Waals surface area contributed by atoms with Gasteiger partial charge in [-0.2, -0.15) is 0 Å². The molecule has 24 heavy (non-hydrogen) atoms. The summed E-state index contributed by atoms with van der Waals surface area (Å²) in [5, 5.41) is 20.6. The van der Waals surface area contributed by atoms with Gasteiger partial charge in [-0.1, -0.05) is 17.7 Å². The number of hydrogen-bond acceptors (Lipinski definition) is 5. The summed E-state index contributed by atoms with van der Waals surface area (Å²) in [7, 11) is 1.25. The van der Waals surface area contributed by atoms with Crippen molar-refractivity contribution in [1.29, 1.82) is 0 Å². The van der Waals surface area contributed by atoms with Crippen LogP contribution >= 0.6 is 11.6 Å². The normalized spacial score (nSPS) is 10.8. The molecule has 0 unspecified atom stereocenters. The lowest BCUT2D eigenvalue weighted by Crippen LogP contribution is -1.96. The number of allylic oxidation sites excluding steroid dienone is 1. The van der Waals surface area contributed by atoms with Crippen molar-refractivity contribution in [3.8, 4) is 11.5 Å². The van der Waals surface area contributed by atoms with Crippen LogP contribution in [0.4, 0.5) is 10.1 Å². The quantitative estimate of drug-likeness (QED) is 0.380. The van der Waals surface area contributed by atoms with E-state index in [4.69, 9.17) is 16.3 Å². The second kappa shape index (κ2) is 7.10. The number of carbonyl (C=O) groups excluding carboxylic acids is 1. The van der Waals surface area contributed by atoms with E-state index in [-0.39, 0.29) is 21.9 Å². The van der Waals surface area contributed by atoms with E-state index >= 15 is 0 Å². The van der Waals surface area contributed by atoms with E-state index in [2.05, 4.69) is 0 Å². The molecule has 2 aromatic carbocycles. The minimum absolute atomic E-state index is 0.0427. The number of benzene rings is 2. The molecule has 124 valence electrons. The molecule has 2 rings (SSSR count). The molecule has 0 atom stereocenters. The van der Waals surface area contributed by atoms with Crippen molar-refractivity contribution in [3.63, 3.8) is 0 Å². The first-order chi connectivity index (χ1) is 11.3. The third kappa shape index (κ3) is 3.69. The molecule has 0 aliphatic heterocycles. The first kappa shape index (κ1) is 17.4. The minimum atomic E-state index is -0.770. The highest BCUT2D eigenvalue weighted by Crippen LogP contribution is 2.37. The van der Waals surface area contributed by atoms with Gasteiger partial charge in [-0.05, 0) is 35.9 Å². The highest BCUT2D eigenvalue weighted by molar-refractivity contribution is 6.34. The number of rotatable bonds is 5. The minimum Gasteiger partial charge on any atom is -0.500 e. The van der Waals surface area contributed by atoms with Crippen molar-refractivity contribution in [2.45, 2.75) is 0 Å². The Morgan fingerprint density at radius 2 is 2.08 bits per heavy atom. The molecule has 0 amide bonds. The summed E-state index contributed by atoms with van der Waals surface area (Å²) in [6.07, 6.45) is 2.44. The number of phenols is 1. The van der Waals surface area contributed by atoms with E-state index in [0.29, 0.717) is 0 Å². The lowest BCUT2D eigenvalue weighted by molar-refractivity contribution is -0.386. The third-order valence-corrected chi connectivity index (χ3v) is 3.43. The zero-order chi connectivity index (χ0) is 17.9. The number of hydrogen-bond donors (Lipinski definition) is 1. The van der Waals surface area contributed by atoms with Crippen LogP contribution in [0.15, 0.2) is 36.4 Å². The van der Waals surface area contributed by atoms with Crippen LogP contribution in [0, 0.1) is 15.9 Å². The average molecular weight is 352 g/mol. The SMILES string of the molecule is COc1cc(/C=C/C(=O)c2ccc(F)cc2Cl)cc([N+](=O)[O-])c1O. The topological polar surface area (TPSA) is 89.7 Å². The fourth-order valence-corrected chi connectivity index (χ4v) is 2.22. The van der Waals surface area contributed by atoms with Crippen molar-refractivity contribution >= 4 is 29.1 Å². The van der Waals surface area contributed by atoms with Gasteiger partial charge in [-0.3, -0.25) is 14.9 Å². The van der Waals surface area contributed by atoms with Gasteiger partial charge in [-0.25, -0.2) is 4.39 Å². The Kier molecular flexibility index (Phi) is 5.15. The summed E-state index contributed by atoms with van der Waals surface area (Å²) in [6, 6.07) is 5.77. The summed E-state index contributed by atoms with van der Waals surface area (Å²) >= 11 is 5.80. The fourth-order valence-electron chi connectivity index (χ4n) is 1.96. The number of halogens is 2. The van der Waals surface area contributed by atoms with Gasteiger partial charge in [0, 0.05) is 11.6 Å². The number of carbonyl (C=O) groups is 1. The zero-order valence-corrected chi connectivity index (χ0v) is 13.1. The Bertz CT molecular complexity index is 851. The second-order valence-corrected chi connectivity index (χ2v) is 5.08. The molecule has 0 spiro atoms. The van der Waals surface area contributed by atoms with Gasteiger partial charge in [0.15, 0.2) is 11.5 Å². The van der Waals surface area contributed by atoms with E-state index < -0.39 is 28.0 Å². The molecule has 0 saturated heterocycles. The Labute approximate surface area is 140 Å². The molecule has 0 aliphatic rings. The van der Waals surface area contributed by atoms with Gasteiger partial charge >= 0.3 is 5.69 Å². The first-order valence-electron chi connectivity index (χ1n) is 6.56. The van der Waals surface area contributed by atoms with Gasteiger partial charge in [0.05, 0.1) is 17.1 Å². The highest BCUT2D eigenvalue weighted by atomic mass is 35.5. The van der Waals surface area contributed by atoms with Gasteiger partial charge in [0.1, 0.15) is 5.82 Å². The third-order valence-electron chi connectivity index (χ3n) is 3.12. The maximum atomic E-state index is 13.0. The lowest BCUT2D eigenvalue weighted by atomic mass is 10.1. The summed E-state index contributed by atoms with van der Waals surface area (Å²) in [4.78, 5) is 22.2. The number of nitro groups is 1. The van der Waals surface area contributed by atoms with Crippen LogP contribution < -0.4 is 4.74 Å². The standard InChI is InChI=1S/C16H11ClFNO5/c1-24-15-7-9(6-13(16(15)21)19(22)23)2-5-14(20)11-4-3-10(18)8-12(11)17/h2-8,21H,1H3/b5-2+. The number of nitrogens with zero attached hydrogens (tertiary/aromatic N) is 1. The Hall–Kier alpha value is -2.93. The van der Waals surface area contributed by atoms with Crippen LogP contribution in [0.5, 0.6) is 11.5 Å². The summed E-state index contributed by atoms with van der Waals surface area (Å²) in [6.45, 7) is 0. The number of ketones is 1. The molecule has 6 nitrogen and oxygen atoms in total. The zero-order valence-electron chi connectivity index (χ0n) is 12.3. The summed E-state index contributed by atoms with van der Waals surface area (Å²) in [5.74, 6) is -1.78. The number of aromatic hydroxyl groups is 1. The molecule has 0 heterocycles. The molecular weight excluding hydrogens is 341 g/mol. The van der Waals surface area contributed by atoms with Crippen molar-refractivity contribution in [2.24, 2.45) is 0 Å². The van der Waals surface area contributed by atoms with Crippen molar-refractivity contribution < 1.29 is 24.0 Å². The van der Waals surface area contributed by atoms with Crippen LogP contribution in [0.25, 0.3) is 6.08 Å². The van der Waals surface area contributed by atoms with E-state index in [1.807, 2.05) is 0 Å². The molecule has 1 N–H and O–H groups in total. The summed E-state index contributed by atoms with van der Waals surface area (Å²) < 4.78 is 17.9. The van der Waals surface area contributed by atoms with E-state index in [1.165, 1.54) is 25.3 Å². The molecule has 8 heteroatoms. The highest BCUT2D eigenvalue weighted by Gasteiger charge is 2.19. The van der Waals surface area contributed by atoms with Gasteiger partial charge in [-0.15, -0.1) is 0 Å². The van der Waals surface area contributed by atoms with E-state index in [0.717, 1.165) is 24.3 Å². The van der Waals surface area contributed by atoms with Crippen molar-refractivity contribution in [3.05, 3.63) is 68.5 Å². The lowest BCUT2D eigenvalue weighted by Gasteiger charge is -2.05. The molecular formula is C16H11ClFNO5. The van der Waals surface area contributed by atoms with E-state index in [1.54, 1.807) is 0 Å². The molecule has 2 aromatic rings. The van der Waals surface area contributed by atoms with Gasteiger partial charge in [0.25, 0.3) is 0 Å². The van der Waals surface area contributed by atoms with Crippen LogP contribution in [0.1, 0.15) is 15.9 Å². The van der Waals surface area contributed by atoms with Crippen molar-refractivity contribution in [1.82, 2.24) is 0 Å². The largest absolute Gasteiger partial charge is 0.500 e. The molecule has 0 bridgehead atoms. The Morgan fingerprint density at radius 1 is 1.38 bits per heavy atom. The molecule has 0 saturated carbocycles. The Balaban J connectivity index is 2.36. The van der Waals surface area contributed by atoms with Crippen LogP contribution in [0.2, 0.25) is 5.02 Å². The van der Waals surface area contributed by atoms with Crippen molar-refractivity contribution in [2.75, 3.05) is 7.11 Å². The molecule has 0 radical (unpaired) electrons. The van der Waals surface area contributed by atoms with Gasteiger partial charge in [0.2, 0.25) is 5.75 Å². The fraction of sp³-hybridized carbons (Fsp3) is 0.0625. The van der Waals surface area contributed by atoms with Crippen LogP contribution in [-0.2, 0) is 0 Å². The smallest absolute Gasteiger partial charge is 0.315 e. The number of ether oxygens (including phenoxy) is 1. The predicted octanol–water partition coefficient (Wildman–Crippen LogP) is 4.00. The van der Waals surface area contributed by atoms with Crippen LogP contribution in [0.3, 0.4) is 0 Å². The number of phenolic OH excluding ortho intramolecular Hbond substituents is 1. The number of nitro benzene ring substituents is 1. The molecule has 0 aliphatic carbocycles. The molecule has 0 aromatic heterocycles. The maximum absolute atomic E-state index is 13.0. The second-order valence-electron chi connectivity index (χ2n) is 4.67. The molecule has 0 fully saturated rings. The van der Waals surface area contributed by atoms with E-state index in [9.17, 15) is 24.4 Å². The van der Waals surface area contributed by atoms with Gasteiger partial charge < -0.3 is 9.84 Å². The van der Waals surface area contributed by atoms with Crippen LogP contribution in [-0.4, -0.2) is 22.9 Å². The average Bonchev–Trinajstić information content (AvgIpc) is 2.53. The summed E-state index contributed by atoms with van der Waals surface area (Å²) in [5.41, 5.74) is -0.196.